The number of aromatic hydroxyl groups is 1. The molecular formula is C27H40O3. The molecule has 1 heterocycles. The van der Waals surface area contributed by atoms with Gasteiger partial charge in [-0.1, -0.05) is 34.9 Å². The Morgan fingerprint density at radius 2 is 1.67 bits per heavy atom. The summed E-state index contributed by atoms with van der Waals surface area (Å²) in [6, 6.07) is 3.54. The van der Waals surface area contributed by atoms with Gasteiger partial charge in [0.1, 0.15) is 11.5 Å². The van der Waals surface area contributed by atoms with Crippen LogP contribution in [0.4, 0.5) is 0 Å². The van der Waals surface area contributed by atoms with Gasteiger partial charge in [-0.2, -0.15) is 0 Å². The lowest BCUT2D eigenvalue weighted by Gasteiger charge is -2.36. The molecule has 3 nitrogen and oxygen atoms in total. The van der Waals surface area contributed by atoms with Gasteiger partial charge < -0.3 is 14.6 Å². The maximum Gasteiger partial charge on any atom is 0.208 e. The molecular weight excluding hydrogens is 372 g/mol. The monoisotopic (exact) mass is 412 g/mol. The first kappa shape index (κ1) is 24.3. The van der Waals surface area contributed by atoms with E-state index in [2.05, 4.69) is 45.9 Å². The highest BCUT2D eigenvalue weighted by Gasteiger charge is 2.33. The predicted molar refractivity (Wildman–Crippen MR) is 126 cm³/mol. The molecule has 1 atom stereocenters. The molecule has 1 aromatic rings. The maximum atomic E-state index is 9.78. The largest absolute Gasteiger partial charge is 0.508 e. The summed E-state index contributed by atoms with van der Waals surface area (Å²) in [5.74, 6) is 0.569. The number of hydrogen-bond acceptors (Lipinski definition) is 3. The molecule has 0 radical (unpaired) electrons. The first-order valence-corrected chi connectivity index (χ1v) is 11.3. The fourth-order valence-corrected chi connectivity index (χ4v) is 3.81. The minimum atomic E-state index is -0.596. The predicted octanol–water partition coefficient (Wildman–Crippen LogP) is 7.57. The van der Waals surface area contributed by atoms with Crippen LogP contribution in [-0.2, 0) is 11.2 Å². The fraction of sp³-hybridized carbons (Fsp3) is 0.556. The molecule has 0 bridgehead atoms. The van der Waals surface area contributed by atoms with E-state index in [1.807, 2.05) is 13.8 Å². The summed E-state index contributed by atoms with van der Waals surface area (Å²) in [5, 5.41) is 9.78. The Morgan fingerprint density at radius 3 is 2.33 bits per heavy atom. The molecule has 0 aliphatic carbocycles. The van der Waals surface area contributed by atoms with Crippen molar-refractivity contribution >= 4 is 0 Å². The van der Waals surface area contributed by atoms with Crippen molar-refractivity contribution in [3.63, 3.8) is 0 Å². The van der Waals surface area contributed by atoms with Crippen LogP contribution < -0.4 is 4.74 Å². The summed E-state index contributed by atoms with van der Waals surface area (Å²) >= 11 is 0. The topological polar surface area (TPSA) is 38.7 Å². The minimum Gasteiger partial charge on any atom is -0.508 e. The van der Waals surface area contributed by atoms with Gasteiger partial charge in [-0.25, -0.2) is 0 Å². The number of fused-ring (bicyclic) bond motifs is 1. The van der Waals surface area contributed by atoms with Crippen molar-refractivity contribution in [2.24, 2.45) is 0 Å². The van der Waals surface area contributed by atoms with Crippen LogP contribution in [0.2, 0.25) is 0 Å². The summed E-state index contributed by atoms with van der Waals surface area (Å²) in [4.78, 5) is 0. The molecule has 1 aliphatic heterocycles. The second-order valence-corrected chi connectivity index (χ2v) is 9.08. The van der Waals surface area contributed by atoms with Crippen molar-refractivity contribution in [1.82, 2.24) is 0 Å². The number of benzene rings is 1. The molecule has 0 spiro atoms. The van der Waals surface area contributed by atoms with Gasteiger partial charge in [0, 0.05) is 13.3 Å². The number of aryl methyl sites for hydroxylation is 2. The number of ether oxygens (including phenoxy) is 2. The smallest absolute Gasteiger partial charge is 0.208 e. The van der Waals surface area contributed by atoms with Crippen molar-refractivity contribution in [2.75, 3.05) is 6.61 Å². The van der Waals surface area contributed by atoms with Crippen molar-refractivity contribution in [3.05, 3.63) is 58.2 Å². The summed E-state index contributed by atoms with van der Waals surface area (Å²) in [7, 11) is 0. The first-order chi connectivity index (χ1) is 14.2. The molecule has 0 amide bonds. The number of hydrogen-bond donors (Lipinski definition) is 1. The highest BCUT2D eigenvalue weighted by Crippen LogP contribution is 2.38. The Balaban J connectivity index is 1.73. The van der Waals surface area contributed by atoms with Crippen LogP contribution >= 0.6 is 0 Å². The van der Waals surface area contributed by atoms with Gasteiger partial charge in [-0.15, -0.1) is 0 Å². The zero-order valence-corrected chi connectivity index (χ0v) is 19.8. The Labute approximate surface area is 183 Å². The van der Waals surface area contributed by atoms with Gasteiger partial charge in [-0.3, -0.25) is 0 Å². The highest BCUT2D eigenvalue weighted by atomic mass is 16.7. The van der Waals surface area contributed by atoms with E-state index in [4.69, 9.17) is 9.47 Å². The average molecular weight is 413 g/mol. The zero-order valence-electron chi connectivity index (χ0n) is 19.8. The summed E-state index contributed by atoms with van der Waals surface area (Å²) in [6.45, 7) is 13.4. The van der Waals surface area contributed by atoms with Crippen LogP contribution in [-0.4, -0.2) is 17.5 Å². The van der Waals surface area contributed by atoms with Gasteiger partial charge in [0.25, 0.3) is 0 Å². The first-order valence-electron chi connectivity index (χ1n) is 11.3. The van der Waals surface area contributed by atoms with E-state index < -0.39 is 5.79 Å². The van der Waals surface area contributed by atoms with Gasteiger partial charge >= 0.3 is 0 Å². The third-order valence-corrected chi connectivity index (χ3v) is 5.64. The molecule has 1 N–H and O–H groups in total. The van der Waals surface area contributed by atoms with Crippen LogP contribution in [0.1, 0.15) is 84.3 Å². The molecule has 2 rings (SSSR count). The number of phenolic OH excluding ortho intramolecular Hbond substituents is 1. The average Bonchev–Trinajstić information content (AvgIpc) is 2.66. The Kier molecular flexibility index (Phi) is 9.23. The summed E-state index contributed by atoms with van der Waals surface area (Å²) in [5.41, 5.74) is 6.32. The van der Waals surface area contributed by atoms with E-state index in [1.54, 1.807) is 12.1 Å². The quantitative estimate of drug-likeness (QED) is 0.318. The number of rotatable bonds is 10. The van der Waals surface area contributed by atoms with E-state index in [0.717, 1.165) is 61.8 Å². The van der Waals surface area contributed by atoms with Gasteiger partial charge in [0.15, 0.2) is 0 Å². The molecule has 0 unspecified atom stereocenters. The van der Waals surface area contributed by atoms with E-state index in [1.165, 1.54) is 16.7 Å². The molecule has 0 aromatic heterocycles. The van der Waals surface area contributed by atoms with Crippen LogP contribution in [0.3, 0.4) is 0 Å². The van der Waals surface area contributed by atoms with E-state index in [9.17, 15) is 5.11 Å². The lowest BCUT2D eigenvalue weighted by molar-refractivity contribution is -0.179. The summed E-state index contributed by atoms with van der Waals surface area (Å²) < 4.78 is 12.3. The van der Waals surface area contributed by atoms with Crippen molar-refractivity contribution in [2.45, 2.75) is 92.3 Å². The molecule has 166 valence electrons. The second-order valence-electron chi connectivity index (χ2n) is 9.08. The number of phenols is 1. The van der Waals surface area contributed by atoms with Crippen molar-refractivity contribution in [3.8, 4) is 11.5 Å². The van der Waals surface area contributed by atoms with E-state index >= 15 is 0 Å². The second kappa shape index (κ2) is 11.4. The third-order valence-electron chi connectivity index (χ3n) is 5.64. The lowest BCUT2D eigenvalue weighted by atomic mass is 9.98. The molecule has 0 saturated heterocycles. The van der Waals surface area contributed by atoms with Gasteiger partial charge in [0.2, 0.25) is 5.79 Å². The lowest BCUT2D eigenvalue weighted by Crippen LogP contribution is -2.39. The van der Waals surface area contributed by atoms with E-state index in [0.29, 0.717) is 12.4 Å². The fourth-order valence-electron chi connectivity index (χ4n) is 3.81. The molecule has 1 aromatic carbocycles. The minimum absolute atomic E-state index is 0.304. The van der Waals surface area contributed by atoms with Crippen LogP contribution in [0, 0.1) is 6.92 Å². The van der Waals surface area contributed by atoms with Crippen LogP contribution in [0.5, 0.6) is 11.5 Å². The van der Waals surface area contributed by atoms with Crippen molar-refractivity contribution in [1.29, 1.82) is 0 Å². The maximum absolute atomic E-state index is 9.78. The Hall–Kier alpha value is -2.00. The summed E-state index contributed by atoms with van der Waals surface area (Å²) in [6.07, 6.45) is 14.0. The van der Waals surface area contributed by atoms with Crippen molar-refractivity contribution < 1.29 is 14.6 Å². The van der Waals surface area contributed by atoms with Gasteiger partial charge in [0.05, 0.1) is 6.61 Å². The van der Waals surface area contributed by atoms with Crippen LogP contribution in [0.25, 0.3) is 0 Å². The molecule has 30 heavy (non-hydrogen) atoms. The third kappa shape index (κ3) is 8.02. The van der Waals surface area contributed by atoms with Crippen LogP contribution in [0.15, 0.2) is 47.1 Å². The number of allylic oxidation sites excluding steroid dienone is 5. The highest BCUT2D eigenvalue weighted by molar-refractivity contribution is 5.47. The molecule has 1 aliphatic rings. The van der Waals surface area contributed by atoms with E-state index in [-0.39, 0.29) is 0 Å². The SMILES string of the molecule is CC(C)=CCC/C(C)=C/CC/C(C)=C/CCO[C@@]1(C)CCc2cc(O)cc(C)c2O1. The molecule has 0 saturated carbocycles. The van der Waals surface area contributed by atoms with Gasteiger partial charge in [-0.05, 0) is 96.4 Å². The normalized spacial score (nSPS) is 19.3. The molecule has 3 heteroatoms. The molecule has 0 fully saturated rings. The standard InChI is InChI=1S/C27H40O3/c1-20(2)10-7-11-21(3)12-8-13-22(4)14-9-17-29-27(6)16-15-24-19-25(28)18-23(5)26(24)30-27/h10,12,14,18-19,28H,7-9,11,13,15-17H2,1-6H3/b21-12+,22-14+/t27-/m1/s1. The Bertz CT molecular complexity index is 797. The Morgan fingerprint density at radius 1 is 1.03 bits per heavy atom. The zero-order chi connectivity index (χ0) is 22.1.